The Morgan fingerprint density at radius 2 is 1.92 bits per heavy atom. The van der Waals surface area contributed by atoms with E-state index in [1.165, 1.54) is 18.2 Å². The molecule has 1 saturated carbocycles. The first-order valence-electron chi connectivity index (χ1n) is 8.16. The van der Waals surface area contributed by atoms with Gasteiger partial charge in [0.1, 0.15) is 0 Å². The lowest BCUT2D eigenvalue weighted by Crippen LogP contribution is -2.25. The Bertz CT molecular complexity index is 681. The number of nitrogens with one attached hydrogen (secondary N) is 2. The largest absolute Gasteiger partial charge is 0.382 e. The molecule has 1 fully saturated rings. The Labute approximate surface area is 148 Å². The van der Waals surface area contributed by atoms with E-state index >= 15 is 0 Å². The lowest BCUT2D eigenvalue weighted by molar-refractivity contribution is -0.116. The van der Waals surface area contributed by atoms with Crippen LogP contribution >= 0.6 is 0 Å². The van der Waals surface area contributed by atoms with Crippen molar-refractivity contribution in [3.05, 3.63) is 35.9 Å². The minimum absolute atomic E-state index is 0.0757. The van der Waals surface area contributed by atoms with E-state index in [-0.39, 0.29) is 16.8 Å². The standard InChI is InChI=1S/C17H24N2O5S/c1-23-12-13-24-11-10-18-17(20)9-4-14-2-7-16(8-3-14)25(21,22)19-15-5-6-15/h2-4,7-9,15,19H,5-6,10-13H2,1H3,(H,18,20)/b9-4+. The van der Waals surface area contributed by atoms with Gasteiger partial charge < -0.3 is 14.8 Å². The molecule has 0 atom stereocenters. The molecule has 0 unspecified atom stereocenters. The Hall–Kier alpha value is -1.74. The molecule has 7 nitrogen and oxygen atoms in total. The normalized spacial score (nSPS) is 14.8. The summed E-state index contributed by atoms with van der Waals surface area (Å²) >= 11 is 0. The van der Waals surface area contributed by atoms with Crippen molar-refractivity contribution in [1.29, 1.82) is 0 Å². The molecule has 2 N–H and O–H groups in total. The number of ether oxygens (including phenoxy) is 2. The van der Waals surface area contributed by atoms with Crippen molar-refractivity contribution in [2.24, 2.45) is 0 Å². The van der Waals surface area contributed by atoms with E-state index < -0.39 is 10.0 Å². The van der Waals surface area contributed by atoms with E-state index in [4.69, 9.17) is 9.47 Å². The number of rotatable bonds is 11. The van der Waals surface area contributed by atoms with Crippen LogP contribution in [0.25, 0.3) is 6.08 Å². The maximum absolute atomic E-state index is 12.1. The molecule has 25 heavy (non-hydrogen) atoms. The molecule has 0 saturated heterocycles. The van der Waals surface area contributed by atoms with E-state index in [1.54, 1.807) is 25.3 Å². The fourth-order valence-corrected chi connectivity index (χ4v) is 3.27. The average Bonchev–Trinajstić information content (AvgIpc) is 3.40. The highest BCUT2D eigenvalue weighted by molar-refractivity contribution is 7.89. The van der Waals surface area contributed by atoms with Gasteiger partial charge in [-0.25, -0.2) is 13.1 Å². The summed E-state index contributed by atoms with van der Waals surface area (Å²) in [5, 5.41) is 2.70. The van der Waals surface area contributed by atoms with Crippen molar-refractivity contribution < 1.29 is 22.7 Å². The van der Waals surface area contributed by atoms with Crippen LogP contribution in [0.3, 0.4) is 0 Å². The number of sulfonamides is 1. The highest BCUT2D eigenvalue weighted by atomic mass is 32.2. The van der Waals surface area contributed by atoms with Crippen molar-refractivity contribution in [3.63, 3.8) is 0 Å². The first-order chi connectivity index (χ1) is 12.0. The monoisotopic (exact) mass is 368 g/mol. The number of methoxy groups -OCH3 is 1. The van der Waals surface area contributed by atoms with Gasteiger partial charge in [-0.2, -0.15) is 0 Å². The fraction of sp³-hybridized carbons (Fsp3) is 0.471. The zero-order valence-electron chi connectivity index (χ0n) is 14.2. The minimum Gasteiger partial charge on any atom is -0.382 e. The van der Waals surface area contributed by atoms with Crippen molar-refractivity contribution in [3.8, 4) is 0 Å². The van der Waals surface area contributed by atoms with Crippen LogP contribution in [0.4, 0.5) is 0 Å². The molecule has 8 heteroatoms. The lowest BCUT2D eigenvalue weighted by Gasteiger charge is -2.05. The van der Waals surface area contributed by atoms with E-state index in [9.17, 15) is 13.2 Å². The highest BCUT2D eigenvalue weighted by Crippen LogP contribution is 2.22. The van der Waals surface area contributed by atoms with Crippen LogP contribution in [-0.4, -0.2) is 53.8 Å². The number of amides is 1. The molecule has 0 spiro atoms. The van der Waals surface area contributed by atoms with Crippen LogP contribution in [0.15, 0.2) is 35.2 Å². The van der Waals surface area contributed by atoms with E-state index in [2.05, 4.69) is 10.0 Å². The summed E-state index contributed by atoms with van der Waals surface area (Å²) in [6.45, 7) is 1.85. The van der Waals surface area contributed by atoms with Gasteiger partial charge in [0.2, 0.25) is 15.9 Å². The fourth-order valence-electron chi connectivity index (χ4n) is 1.97. The Morgan fingerprint density at radius 3 is 2.56 bits per heavy atom. The summed E-state index contributed by atoms with van der Waals surface area (Å²) < 4.78 is 36.8. The lowest BCUT2D eigenvalue weighted by atomic mass is 10.2. The average molecular weight is 368 g/mol. The third-order valence-corrected chi connectivity index (χ3v) is 5.03. The van der Waals surface area contributed by atoms with E-state index in [0.29, 0.717) is 26.4 Å². The summed E-state index contributed by atoms with van der Waals surface area (Å²) in [7, 11) is -1.84. The number of benzene rings is 1. The molecule has 1 aliphatic carbocycles. The molecule has 0 heterocycles. The number of hydrogen-bond donors (Lipinski definition) is 2. The van der Waals surface area contributed by atoms with Gasteiger partial charge in [0.25, 0.3) is 0 Å². The molecule has 2 rings (SSSR count). The zero-order valence-corrected chi connectivity index (χ0v) is 15.1. The van der Waals surface area contributed by atoms with Crippen LogP contribution in [-0.2, 0) is 24.3 Å². The molecule has 1 aromatic rings. The van der Waals surface area contributed by atoms with Gasteiger partial charge in [-0.05, 0) is 36.6 Å². The molecule has 0 radical (unpaired) electrons. The summed E-state index contributed by atoms with van der Waals surface area (Å²) in [5.74, 6) is -0.234. The summed E-state index contributed by atoms with van der Waals surface area (Å²) in [6.07, 6.45) is 4.83. The second kappa shape index (κ2) is 9.67. The van der Waals surface area contributed by atoms with Gasteiger partial charge >= 0.3 is 0 Å². The number of carbonyl (C=O) groups excluding carboxylic acids is 1. The molecule has 1 aliphatic rings. The van der Waals surface area contributed by atoms with Crippen molar-refractivity contribution in [1.82, 2.24) is 10.0 Å². The van der Waals surface area contributed by atoms with Crippen molar-refractivity contribution >= 4 is 22.0 Å². The van der Waals surface area contributed by atoms with Crippen LogP contribution in [0, 0.1) is 0 Å². The summed E-state index contributed by atoms with van der Waals surface area (Å²) in [6, 6.07) is 6.47. The van der Waals surface area contributed by atoms with Crippen molar-refractivity contribution in [2.45, 2.75) is 23.8 Å². The molecule has 0 aliphatic heterocycles. The molecular formula is C17H24N2O5S. The minimum atomic E-state index is -3.44. The van der Waals surface area contributed by atoms with Gasteiger partial charge in [-0.3, -0.25) is 4.79 Å². The third kappa shape index (κ3) is 7.35. The Balaban J connectivity index is 1.76. The summed E-state index contributed by atoms with van der Waals surface area (Å²) in [4.78, 5) is 11.9. The topological polar surface area (TPSA) is 93.7 Å². The predicted molar refractivity (Wildman–Crippen MR) is 94.5 cm³/mol. The molecule has 1 amide bonds. The second-order valence-electron chi connectivity index (χ2n) is 5.69. The quantitative estimate of drug-likeness (QED) is 0.447. The molecule has 0 aromatic heterocycles. The smallest absolute Gasteiger partial charge is 0.244 e. The van der Waals surface area contributed by atoms with Crippen LogP contribution in [0.1, 0.15) is 18.4 Å². The van der Waals surface area contributed by atoms with Gasteiger partial charge in [-0.1, -0.05) is 12.1 Å². The molecular weight excluding hydrogens is 344 g/mol. The summed E-state index contributed by atoms with van der Waals surface area (Å²) in [5.41, 5.74) is 0.747. The van der Waals surface area contributed by atoms with Gasteiger partial charge in [0.15, 0.2) is 0 Å². The number of carbonyl (C=O) groups is 1. The SMILES string of the molecule is COCCOCCNC(=O)/C=C/c1ccc(S(=O)(=O)NC2CC2)cc1. The first kappa shape index (κ1) is 19.6. The Kier molecular flexibility index (Phi) is 7.57. The number of hydrogen-bond acceptors (Lipinski definition) is 5. The third-order valence-electron chi connectivity index (χ3n) is 3.49. The zero-order chi connectivity index (χ0) is 18.1. The van der Waals surface area contributed by atoms with Gasteiger partial charge in [-0.15, -0.1) is 0 Å². The maximum Gasteiger partial charge on any atom is 0.244 e. The van der Waals surface area contributed by atoms with Crippen LogP contribution in [0.2, 0.25) is 0 Å². The maximum atomic E-state index is 12.1. The second-order valence-corrected chi connectivity index (χ2v) is 7.41. The van der Waals surface area contributed by atoms with Crippen molar-refractivity contribution in [2.75, 3.05) is 33.5 Å². The Morgan fingerprint density at radius 1 is 1.20 bits per heavy atom. The van der Waals surface area contributed by atoms with Gasteiger partial charge in [0, 0.05) is 25.8 Å². The van der Waals surface area contributed by atoms with Gasteiger partial charge in [0.05, 0.1) is 24.7 Å². The molecule has 138 valence electrons. The van der Waals surface area contributed by atoms with Crippen LogP contribution < -0.4 is 10.0 Å². The predicted octanol–water partition coefficient (Wildman–Crippen LogP) is 0.920. The molecule has 0 bridgehead atoms. The van der Waals surface area contributed by atoms with Crippen LogP contribution in [0.5, 0.6) is 0 Å². The first-order valence-corrected chi connectivity index (χ1v) is 9.64. The highest BCUT2D eigenvalue weighted by Gasteiger charge is 2.27. The molecule has 1 aromatic carbocycles. The van der Waals surface area contributed by atoms with E-state index in [1.807, 2.05) is 0 Å². The van der Waals surface area contributed by atoms with E-state index in [0.717, 1.165) is 18.4 Å².